The number of aliphatic hydroxyl groups excluding tert-OH is 1. The zero-order chi connectivity index (χ0) is 55.4. The third kappa shape index (κ3) is 15.2. The van der Waals surface area contributed by atoms with Crippen LogP contribution in [0.1, 0.15) is 146 Å². The first-order chi connectivity index (χ1) is 36.5. The zero-order valence-electron chi connectivity index (χ0n) is 49.9. The summed E-state index contributed by atoms with van der Waals surface area (Å²) in [6, 6.07) is 9.71. The average molecular weight is 1120 g/mol. The highest BCUT2D eigenvalue weighted by Crippen LogP contribution is 2.47. The van der Waals surface area contributed by atoms with Crippen molar-refractivity contribution in [1.29, 1.82) is 0 Å². The van der Waals surface area contributed by atoms with E-state index in [2.05, 4.69) is 95.6 Å². The molecule has 0 radical (unpaired) electrons. The van der Waals surface area contributed by atoms with Crippen LogP contribution in [0.5, 0.6) is 0 Å². The SMILES string of the molecule is C=CCC1O[C@@H]2C(O[C@@H]3C[C@@H](CCC4CC(=C)C(CCC5CC(C)C(=C)C(CC6O[C@H](CC(CO[Si](CC)(CC)CC)O[Si](CC)(CC)CC)[C@H](OC)C6C[C@@H](O)CC=C)O5)O4)OC23)C(OC)C1O[Si](CC)(CC)CC. The number of methoxy groups -OCH3 is 2. The van der Waals surface area contributed by atoms with Gasteiger partial charge in [-0.05, 0) is 129 Å². The maximum absolute atomic E-state index is 11.3. The molecule has 0 aliphatic carbocycles. The number of rotatable bonds is 34. The van der Waals surface area contributed by atoms with Gasteiger partial charge >= 0.3 is 0 Å². The third-order valence-electron chi connectivity index (χ3n) is 20.1. The molecule has 0 aromatic carbocycles. The molecule has 6 heterocycles. The summed E-state index contributed by atoms with van der Waals surface area (Å²) in [5, 5.41) is 11.3. The standard InChI is InChI=1S/C61H110O12Si3/c1-17-28-44(62)36-49-53(69-54(56(49)63-15)38-48(72-75(22-6,23-7)24-8)40-65-74(19-3,20-4)21-5)39-52-43(14)41(12)34-46(67-52)32-33-50-42(13)35-45(66-50)30-31-47-37-55-57(68-47)60-61(71-55)59(64-16)58(51(70-60)29-18-2)73-76(25-9,26-10)27-11/h17-18,41,44-62H,1-2,13-14,19-40H2,3-12,15-16H3/t41?,44-,45?,46?,47+,48?,49?,50?,51?,52?,53?,54+,55+,56+,57?,58?,59?,60-,61?/m0/s1. The summed E-state index contributed by atoms with van der Waals surface area (Å²) in [5.41, 5.74) is 2.29. The van der Waals surface area contributed by atoms with Gasteiger partial charge in [0.15, 0.2) is 25.0 Å². The summed E-state index contributed by atoms with van der Waals surface area (Å²) < 4.78 is 75.6. The van der Waals surface area contributed by atoms with Crippen LogP contribution in [0.4, 0.5) is 0 Å². The molecule has 6 aliphatic heterocycles. The van der Waals surface area contributed by atoms with Gasteiger partial charge in [0.25, 0.3) is 0 Å². The molecule has 438 valence electrons. The molecule has 76 heavy (non-hydrogen) atoms. The molecule has 19 atom stereocenters. The van der Waals surface area contributed by atoms with Crippen molar-refractivity contribution in [2.45, 2.75) is 304 Å². The second kappa shape index (κ2) is 29.9. The predicted octanol–water partition coefficient (Wildman–Crippen LogP) is 13.2. The van der Waals surface area contributed by atoms with Crippen LogP contribution in [0.25, 0.3) is 0 Å². The minimum atomic E-state index is -1.98. The Labute approximate surface area is 465 Å². The van der Waals surface area contributed by atoms with E-state index < -0.39 is 31.1 Å². The van der Waals surface area contributed by atoms with Gasteiger partial charge in [-0.1, -0.05) is 94.5 Å². The van der Waals surface area contributed by atoms with E-state index in [1.807, 2.05) is 6.08 Å². The normalized spacial score (nSPS) is 35.9. The van der Waals surface area contributed by atoms with Crippen molar-refractivity contribution in [3.63, 3.8) is 0 Å². The van der Waals surface area contributed by atoms with Crippen LogP contribution < -0.4 is 0 Å². The average Bonchev–Trinajstić information content (AvgIpc) is 4.20. The fraction of sp³-hybridized carbons (Fsp3) is 0.869. The molecule has 6 saturated heterocycles. The Hall–Kier alpha value is -0.869. The van der Waals surface area contributed by atoms with Crippen LogP contribution in [-0.4, -0.2) is 155 Å². The number of fused-ring (bicyclic) bond motifs is 3. The zero-order valence-corrected chi connectivity index (χ0v) is 52.9. The molecule has 0 aromatic heterocycles. The lowest BCUT2D eigenvalue weighted by atomic mass is 9.81. The summed E-state index contributed by atoms with van der Waals surface area (Å²) in [6.07, 6.45) is 10.7. The smallest absolute Gasteiger partial charge is 0.192 e. The maximum atomic E-state index is 11.3. The fourth-order valence-electron chi connectivity index (χ4n) is 14.4. The van der Waals surface area contributed by atoms with E-state index in [0.717, 1.165) is 105 Å². The van der Waals surface area contributed by atoms with Gasteiger partial charge in [-0.15, -0.1) is 13.2 Å². The lowest BCUT2D eigenvalue weighted by Gasteiger charge is -2.47. The molecule has 0 bridgehead atoms. The Morgan fingerprint density at radius 3 is 1.82 bits per heavy atom. The van der Waals surface area contributed by atoms with Crippen molar-refractivity contribution in [2.75, 3.05) is 20.8 Å². The number of ether oxygens (including phenoxy) is 8. The topological polar surface area (TPSA) is 122 Å². The number of hydrogen-bond acceptors (Lipinski definition) is 12. The van der Waals surface area contributed by atoms with Crippen molar-refractivity contribution in [2.24, 2.45) is 11.8 Å². The van der Waals surface area contributed by atoms with Crippen molar-refractivity contribution in [3.8, 4) is 0 Å². The molecule has 15 heteroatoms. The molecule has 6 aliphatic rings. The van der Waals surface area contributed by atoms with Crippen molar-refractivity contribution >= 4 is 25.0 Å². The summed E-state index contributed by atoms with van der Waals surface area (Å²) in [4.78, 5) is 0. The molecular weight excluding hydrogens is 1010 g/mol. The summed E-state index contributed by atoms with van der Waals surface area (Å²) in [5.74, 6) is 0.261. The van der Waals surface area contributed by atoms with E-state index in [4.69, 9.17) is 51.2 Å². The van der Waals surface area contributed by atoms with Gasteiger partial charge in [-0.3, -0.25) is 0 Å². The van der Waals surface area contributed by atoms with E-state index in [-0.39, 0.29) is 104 Å². The van der Waals surface area contributed by atoms with Crippen molar-refractivity contribution in [3.05, 3.63) is 49.6 Å². The third-order valence-corrected chi connectivity index (χ3v) is 34.1. The van der Waals surface area contributed by atoms with Gasteiger partial charge < -0.3 is 56.3 Å². The van der Waals surface area contributed by atoms with Crippen LogP contribution in [-0.2, 0) is 51.2 Å². The minimum absolute atomic E-state index is 0.0000626. The highest BCUT2D eigenvalue weighted by Gasteiger charge is 2.60. The van der Waals surface area contributed by atoms with E-state index in [9.17, 15) is 5.11 Å². The second-order valence-electron chi connectivity index (χ2n) is 24.0. The van der Waals surface area contributed by atoms with Crippen LogP contribution in [0.15, 0.2) is 49.6 Å². The molecule has 0 spiro atoms. The Balaban J connectivity index is 1.04. The van der Waals surface area contributed by atoms with Crippen molar-refractivity contribution < 1.29 is 56.3 Å². The van der Waals surface area contributed by atoms with Crippen LogP contribution in [0, 0.1) is 11.8 Å². The fourth-order valence-corrected chi connectivity index (χ4v) is 22.8. The van der Waals surface area contributed by atoms with Gasteiger partial charge in [0.05, 0.1) is 79.9 Å². The highest BCUT2D eigenvalue weighted by molar-refractivity contribution is 6.74. The lowest BCUT2D eigenvalue weighted by Crippen LogP contribution is -2.62. The Kier molecular flexibility index (Phi) is 25.3. The molecule has 0 amide bonds. The first-order valence-electron chi connectivity index (χ1n) is 30.8. The second-order valence-corrected chi connectivity index (χ2v) is 38.2. The molecular formula is C61H110O12Si3. The largest absolute Gasteiger partial charge is 0.414 e. The first kappa shape index (κ1) is 64.3. The monoisotopic (exact) mass is 1120 g/mol. The van der Waals surface area contributed by atoms with E-state index >= 15 is 0 Å². The van der Waals surface area contributed by atoms with E-state index in [1.165, 1.54) is 5.57 Å². The van der Waals surface area contributed by atoms with Gasteiger partial charge in [-0.2, -0.15) is 0 Å². The quantitative estimate of drug-likeness (QED) is 0.0488. The molecule has 0 saturated carbocycles. The molecule has 12 nitrogen and oxygen atoms in total. The Morgan fingerprint density at radius 1 is 0.605 bits per heavy atom. The highest BCUT2D eigenvalue weighted by atomic mass is 28.4. The van der Waals surface area contributed by atoms with Gasteiger partial charge in [0.1, 0.15) is 30.5 Å². The minimum Gasteiger partial charge on any atom is -0.414 e. The van der Waals surface area contributed by atoms with Gasteiger partial charge in [-0.25, -0.2) is 0 Å². The lowest BCUT2D eigenvalue weighted by molar-refractivity contribution is -0.226. The van der Waals surface area contributed by atoms with Gasteiger partial charge in [0, 0.05) is 39.4 Å². The summed E-state index contributed by atoms with van der Waals surface area (Å²) in [6.45, 7) is 40.6. The summed E-state index contributed by atoms with van der Waals surface area (Å²) >= 11 is 0. The molecule has 0 aromatic rings. The van der Waals surface area contributed by atoms with Crippen LogP contribution in [0.2, 0.25) is 54.4 Å². The first-order valence-corrected chi connectivity index (χ1v) is 38.4. The van der Waals surface area contributed by atoms with Crippen molar-refractivity contribution in [1.82, 2.24) is 0 Å². The molecule has 6 rings (SSSR count). The van der Waals surface area contributed by atoms with Crippen LogP contribution >= 0.6 is 0 Å². The summed E-state index contributed by atoms with van der Waals surface area (Å²) in [7, 11) is -2.21. The van der Waals surface area contributed by atoms with Crippen LogP contribution in [0.3, 0.4) is 0 Å². The number of aliphatic hydroxyl groups is 1. The van der Waals surface area contributed by atoms with E-state index in [1.54, 1.807) is 20.3 Å². The predicted molar refractivity (Wildman–Crippen MR) is 314 cm³/mol. The Morgan fingerprint density at radius 2 is 1.21 bits per heavy atom. The van der Waals surface area contributed by atoms with Gasteiger partial charge in [0.2, 0.25) is 0 Å². The van der Waals surface area contributed by atoms with E-state index in [0.29, 0.717) is 44.6 Å². The number of hydrogen-bond donors (Lipinski definition) is 1. The molecule has 1 N–H and O–H groups in total. The molecule has 6 fully saturated rings. The molecule has 13 unspecified atom stereocenters. The maximum Gasteiger partial charge on any atom is 0.192 e. The Bertz CT molecular complexity index is 1770.